The number of phenols is 1. The van der Waals surface area contributed by atoms with Crippen molar-refractivity contribution in [2.45, 2.75) is 19.3 Å². The van der Waals surface area contributed by atoms with Gasteiger partial charge >= 0.3 is 5.97 Å². The third kappa shape index (κ3) is 1.87. The molecule has 1 atom stereocenters. The van der Waals surface area contributed by atoms with Crippen LogP contribution in [0.4, 0.5) is 0 Å². The molecule has 96 valence electrons. The van der Waals surface area contributed by atoms with Gasteiger partial charge in [0.15, 0.2) is 0 Å². The third-order valence-corrected chi connectivity index (χ3v) is 3.76. The smallest absolute Gasteiger partial charge is 0.310 e. The summed E-state index contributed by atoms with van der Waals surface area (Å²) in [6.45, 7) is 1.69. The van der Waals surface area contributed by atoms with Gasteiger partial charge < -0.3 is 10.2 Å². The van der Waals surface area contributed by atoms with Crippen LogP contribution in [0.3, 0.4) is 0 Å². The molecule has 3 nitrogen and oxygen atoms in total. The molecule has 0 aliphatic heterocycles. The average molecular weight is 254 g/mol. The van der Waals surface area contributed by atoms with Gasteiger partial charge in [-0.1, -0.05) is 24.3 Å². The molecule has 0 heterocycles. The molecule has 0 saturated carbocycles. The molecule has 1 aliphatic rings. The second kappa shape index (κ2) is 4.12. The van der Waals surface area contributed by atoms with E-state index >= 15 is 0 Å². The lowest BCUT2D eigenvalue weighted by Gasteiger charge is -2.09. The van der Waals surface area contributed by atoms with Crippen LogP contribution in [0.25, 0.3) is 11.1 Å². The molecule has 0 amide bonds. The standard InChI is InChI=1S/C16H14O3/c1-9(16(18)19)10-2-4-14-11(6-10)7-12-8-13(17)3-5-15(12)14/h2-6,8-9,17H,7H2,1H3,(H,18,19). The molecule has 2 aromatic carbocycles. The van der Waals surface area contributed by atoms with Gasteiger partial charge in [-0.2, -0.15) is 0 Å². The lowest BCUT2D eigenvalue weighted by atomic mass is 9.96. The van der Waals surface area contributed by atoms with Crippen LogP contribution in [0.2, 0.25) is 0 Å². The monoisotopic (exact) mass is 254 g/mol. The van der Waals surface area contributed by atoms with E-state index in [1.165, 1.54) is 0 Å². The Morgan fingerprint density at radius 2 is 1.74 bits per heavy atom. The van der Waals surface area contributed by atoms with Crippen molar-refractivity contribution >= 4 is 5.97 Å². The Morgan fingerprint density at radius 1 is 1.11 bits per heavy atom. The zero-order chi connectivity index (χ0) is 13.6. The van der Waals surface area contributed by atoms with E-state index in [1.807, 2.05) is 24.3 Å². The van der Waals surface area contributed by atoms with Gasteiger partial charge in [0, 0.05) is 0 Å². The summed E-state index contributed by atoms with van der Waals surface area (Å²) in [7, 11) is 0. The highest BCUT2D eigenvalue weighted by molar-refractivity contribution is 5.80. The number of hydrogen-bond donors (Lipinski definition) is 2. The van der Waals surface area contributed by atoms with Crippen molar-refractivity contribution in [1.29, 1.82) is 0 Å². The first kappa shape index (κ1) is 11.8. The second-order valence-corrected chi connectivity index (χ2v) is 4.99. The van der Waals surface area contributed by atoms with E-state index < -0.39 is 11.9 Å². The molecule has 2 N–H and O–H groups in total. The molecule has 2 aromatic rings. The Balaban J connectivity index is 2.05. The van der Waals surface area contributed by atoms with Crippen LogP contribution in [-0.2, 0) is 11.2 Å². The quantitative estimate of drug-likeness (QED) is 0.738. The molecule has 0 aromatic heterocycles. The number of phenolic OH excluding ortho intramolecular Hbond substituents is 1. The number of aromatic hydroxyl groups is 1. The maximum atomic E-state index is 11.0. The fourth-order valence-electron chi connectivity index (χ4n) is 2.63. The van der Waals surface area contributed by atoms with Crippen molar-refractivity contribution in [3.63, 3.8) is 0 Å². The summed E-state index contributed by atoms with van der Waals surface area (Å²) in [5.74, 6) is -1.04. The van der Waals surface area contributed by atoms with Crippen LogP contribution in [-0.4, -0.2) is 16.2 Å². The van der Waals surface area contributed by atoms with Crippen molar-refractivity contribution in [3.8, 4) is 16.9 Å². The summed E-state index contributed by atoms with van der Waals surface area (Å²) >= 11 is 0. The van der Waals surface area contributed by atoms with Gasteiger partial charge in [-0.05, 0) is 53.3 Å². The second-order valence-electron chi connectivity index (χ2n) is 4.99. The lowest BCUT2D eigenvalue weighted by molar-refractivity contribution is -0.138. The summed E-state index contributed by atoms with van der Waals surface area (Å²) in [5.41, 5.74) is 5.31. The Labute approximate surface area is 111 Å². The van der Waals surface area contributed by atoms with E-state index in [9.17, 15) is 9.90 Å². The summed E-state index contributed by atoms with van der Waals surface area (Å²) in [5, 5.41) is 18.6. The van der Waals surface area contributed by atoms with Crippen LogP contribution in [0.15, 0.2) is 36.4 Å². The highest BCUT2D eigenvalue weighted by Gasteiger charge is 2.21. The van der Waals surface area contributed by atoms with Gasteiger partial charge in [0.05, 0.1) is 5.92 Å². The number of benzene rings is 2. The predicted octanol–water partition coefficient (Wildman–Crippen LogP) is 3.15. The largest absolute Gasteiger partial charge is 0.508 e. The van der Waals surface area contributed by atoms with Crippen LogP contribution in [0.1, 0.15) is 29.5 Å². The first-order valence-electron chi connectivity index (χ1n) is 6.24. The third-order valence-electron chi connectivity index (χ3n) is 3.76. The minimum absolute atomic E-state index is 0.269. The fourth-order valence-corrected chi connectivity index (χ4v) is 2.63. The van der Waals surface area contributed by atoms with Crippen LogP contribution in [0.5, 0.6) is 5.75 Å². The Morgan fingerprint density at radius 3 is 2.42 bits per heavy atom. The molecule has 0 spiro atoms. The minimum atomic E-state index is -0.812. The lowest BCUT2D eigenvalue weighted by Crippen LogP contribution is -2.07. The molecule has 1 aliphatic carbocycles. The number of fused-ring (bicyclic) bond motifs is 3. The van der Waals surface area contributed by atoms with E-state index in [2.05, 4.69) is 0 Å². The van der Waals surface area contributed by atoms with Crippen molar-refractivity contribution in [1.82, 2.24) is 0 Å². The van der Waals surface area contributed by atoms with Crippen LogP contribution >= 0.6 is 0 Å². The summed E-state index contributed by atoms with van der Waals surface area (Å²) in [6, 6.07) is 11.2. The predicted molar refractivity (Wildman–Crippen MR) is 72.4 cm³/mol. The highest BCUT2D eigenvalue weighted by atomic mass is 16.4. The van der Waals surface area contributed by atoms with E-state index in [0.29, 0.717) is 0 Å². The maximum absolute atomic E-state index is 11.0. The number of carboxylic acid groups (broad SMARTS) is 1. The Bertz CT molecular complexity index is 674. The Hall–Kier alpha value is -2.29. The van der Waals surface area contributed by atoms with Gasteiger partial charge in [-0.3, -0.25) is 4.79 Å². The zero-order valence-corrected chi connectivity index (χ0v) is 10.6. The number of carboxylic acids is 1. The van der Waals surface area contributed by atoms with Gasteiger partial charge in [0.25, 0.3) is 0 Å². The van der Waals surface area contributed by atoms with E-state index in [0.717, 1.165) is 34.2 Å². The molecule has 1 unspecified atom stereocenters. The molecule has 0 fully saturated rings. The van der Waals surface area contributed by atoms with E-state index in [1.54, 1.807) is 19.1 Å². The van der Waals surface area contributed by atoms with Crippen LogP contribution in [0, 0.1) is 0 Å². The summed E-state index contributed by atoms with van der Waals surface area (Å²) in [6.07, 6.45) is 0.749. The summed E-state index contributed by atoms with van der Waals surface area (Å²) < 4.78 is 0. The van der Waals surface area contributed by atoms with Gasteiger partial charge in [-0.15, -0.1) is 0 Å². The average Bonchev–Trinajstić information content (AvgIpc) is 2.73. The molecule has 19 heavy (non-hydrogen) atoms. The number of aliphatic carboxylic acids is 1. The Kier molecular flexibility index (Phi) is 2.56. The minimum Gasteiger partial charge on any atom is -0.508 e. The highest BCUT2D eigenvalue weighted by Crippen LogP contribution is 2.39. The topological polar surface area (TPSA) is 57.5 Å². The maximum Gasteiger partial charge on any atom is 0.310 e. The first-order chi connectivity index (χ1) is 9.06. The molecule has 0 saturated heterocycles. The van der Waals surface area contributed by atoms with Gasteiger partial charge in [-0.25, -0.2) is 0 Å². The van der Waals surface area contributed by atoms with E-state index in [4.69, 9.17) is 5.11 Å². The first-order valence-corrected chi connectivity index (χ1v) is 6.24. The van der Waals surface area contributed by atoms with E-state index in [-0.39, 0.29) is 5.75 Å². The van der Waals surface area contributed by atoms with Crippen molar-refractivity contribution in [2.24, 2.45) is 0 Å². The van der Waals surface area contributed by atoms with Crippen molar-refractivity contribution in [3.05, 3.63) is 53.1 Å². The van der Waals surface area contributed by atoms with Crippen molar-refractivity contribution in [2.75, 3.05) is 0 Å². The van der Waals surface area contributed by atoms with Crippen LogP contribution < -0.4 is 0 Å². The molecule has 3 heteroatoms. The normalized spacial score (nSPS) is 13.7. The number of rotatable bonds is 2. The zero-order valence-electron chi connectivity index (χ0n) is 10.6. The summed E-state index contributed by atoms with van der Waals surface area (Å²) in [4.78, 5) is 11.0. The number of hydrogen-bond acceptors (Lipinski definition) is 2. The van der Waals surface area contributed by atoms with Gasteiger partial charge in [0.2, 0.25) is 0 Å². The fraction of sp³-hybridized carbons (Fsp3) is 0.188. The molecule has 0 bridgehead atoms. The van der Waals surface area contributed by atoms with Gasteiger partial charge in [0.1, 0.15) is 5.75 Å². The molecular weight excluding hydrogens is 240 g/mol. The SMILES string of the molecule is CC(C(=O)O)c1ccc2c(c1)Cc1cc(O)ccc1-2. The molecular formula is C16H14O3. The molecule has 3 rings (SSSR count). The number of carbonyl (C=O) groups is 1. The van der Waals surface area contributed by atoms with Crippen molar-refractivity contribution < 1.29 is 15.0 Å². The molecule has 0 radical (unpaired) electrons.